The molecular formula is C26H27ClN4O. The van der Waals surface area contributed by atoms with Crippen LogP contribution in [0.15, 0.2) is 54.9 Å². The summed E-state index contributed by atoms with van der Waals surface area (Å²) in [6.45, 7) is 7.17. The Morgan fingerprint density at radius 2 is 1.94 bits per heavy atom. The van der Waals surface area contributed by atoms with Gasteiger partial charge in [-0.2, -0.15) is 0 Å². The van der Waals surface area contributed by atoms with Gasteiger partial charge in [-0.05, 0) is 61.9 Å². The maximum atomic E-state index is 6.01. The third-order valence-corrected chi connectivity index (χ3v) is 6.44. The topological polar surface area (TPSA) is 43.2 Å². The molecule has 3 heterocycles. The van der Waals surface area contributed by atoms with Crippen molar-refractivity contribution in [3.63, 3.8) is 0 Å². The first-order valence-corrected chi connectivity index (χ1v) is 11.4. The van der Waals surface area contributed by atoms with Crippen molar-refractivity contribution >= 4 is 22.5 Å². The molecule has 5 nitrogen and oxygen atoms in total. The molecule has 1 aliphatic heterocycles. The van der Waals surface area contributed by atoms with Crippen LogP contribution in [0.25, 0.3) is 22.3 Å². The minimum Gasteiger partial charge on any atom is -0.497 e. The van der Waals surface area contributed by atoms with E-state index in [0.29, 0.717) is 6.04 Å². The third kappa shape index (κ3) is 3.98. The molecule has 0 aliphatic carbocycles. The van der Waals surface area contributed by atoms with Crippen LogP contribution in [-0.4, -0.2) is 33.1 Å². The smallest absolute Gasteiger partial charge is 0.159 e. The number of fused-ring (bicyclic) bond motifs is 2. The molecule has 2 aromatic heterocycles. The van der Waals surface area contributed by atoms with Gasteiger partial charge in [0.15, 0.2) is 5.82 Å². The molecule has 0 saturated carbocycles. The van der Waals surface area contributed by atoms with Gasteiger partial charge >= 0.3 is 0 Å². The molecule has 0 amide bonds. The molecule has 5 rings (SSSR count). The molecule has 4 aromatic rings. The fourth-order valence-electron chi connectivity index (χ4n) is 4.47. The molecule has 6 heteroatoms. The van der Waals surface area contributed by atoms with E-state index in [9.17, 15) is 0 Å². The normalized spacial score (nSPS) is 14.2. The minimum absolute atomic E-state index is 0.404. The average Bonchev–Trinajstić information content (AvgIpc) is 3.17. The predicted octanol–water partition coefficient (Wildman–Crippen LogP) is 5.90. The zero-order valence-corrected chi connectivity index (χ0v) is 19.4. The van der Waals surface area contributed by atoms with Crippen molar-refractivity contribution in [2.24, 2.45) is 0 Å². The fourth-order valence-corrected chi connectivity index (χ4v) is 4.60. The lowest BCUT2D eigenvalue weighted by atomic mass is 10.1. The number of methoxy groups -OCH3 is 1. The lowest BCUT2D eigenvalue weighted by Crippen LogP contribution is -2.30. The van der Waals surface area contributed by atoms with Crippen LogP contribution in [0.2, 0.25) is 5.02 Å². The largest absolute Gasteiger partial charge is 0.497 e. The molecule has 164 valence electrons. The second-order valence-electron chi connectivity index (χ2n) is 8.67. The van der Waals surface area contributed by atoms with Crippen LogP contribution in [0.4, 0.5) is 0 Å². The molecule has 0 N–H and O–H groups in total. The number of halogens is 1. The van der Waals surface area contributed by atoms with Crippen molar-refractivity contribution in [3.8, 4) is 17.1 Å². The highest BCUT2D eigenvalue weighted by atomic mass is 35.5. The highest BCUT2D eigenvalue weighted by molar-refractivity contribution is 6.30. The van der Waals surface area contributed by atoms with Crippen molar-refractivity contribution in [2.75, 3.05) is 13.7 Å². The summed E-state index contributed by atoms with van der Waals surface area (Å²) < 4.78 is 7.84. The Morgan fingerprint density at radius 3 is 2.69 bits per heavy atom. The highest BCUT2D eigenvalue weighted by Crippen LogP contribution is 2.30. The Morgan fingerprint density at radius 1 is 1.12 bits per heavy atom. The number of rotatable bonds is 5. The summed E-state index contributed by atoms with van der Waals surface area (Å²) in [6, 6.07) is 14.5. The van der Waals surface area contributed by atoms with Gasteiger partial charge in [-0.25, -0.2) is 9.97 Å². The minimum atomic E-state index is 0.404. The molecule has 0 unspecified atom stereocenters. The number of hydrogen-bond donors (Lipinski definition) is 0. The Bertz CT molecular complexity index is 1260. The summed E-state index contributed by atoms with van der Waals surface area (Å²) in [6.07, 6.45) is 5.20. The van der Waals surface area contributed by atoms with E-state index in [1.807, 2.05) is 36.5 Å². The van der Waals surface area contributed by atoms with Crippen molar-refractivity contribution in [3.05, 3.63) is 76.7 Å². The predicted molar refractivity (Wildman–Crippen MR) is 129 cm³/mol. The molecule has 1 aliphatic rings. The van der Waals surface area contributed by atoms with Gasteiger partial charge in [-0.3, -0.25) is 4.90 Å². The van der Waals surface area contributed by atoms with Crippen LogP contribution in [0.3, 0.4) is 0 Å². The molecule has 2 aromatic carbocycles. The summed E-state index contributed by atoms with van der Waals surface area (Å²) in [7, 11) is 1.72. The number of nitrogens with zero attached hydrogens (tertiary/aromatic N) is 4. The first-order valence-electron chi connectivity index (χ1n) is 11.0. The summed E-state index contributed by atoms with van der Waals surface area (Å²) in [5.41, 5.74) is 5.93. The highest BCUT2D eigenvalue weighted by Gasteiger charge is 2.21. The average molecular weight is 447 g/mol. The monoisotopic (exact) mass is 446 g/mol. The van der Waals surface area contributed by atoms with Gasteiger partial charge in [-0.1, -0.05) is 11.6 Å². The van der Waals surface area contributed by atoms with Crippen molar-refractivity contribution < 1.29 is 4.74 Å². The van der Waals surface area contributed by atoms with E-state index in [1.165, 1.54) is 22.0 Å². The Kier molecular flexibility index (Phi) is 5.62. The molecule has 0 atom stereocenters. The van der Waals surface area contributed by atoms with E-state index < -0.39 is 0 Å². The van der Waals surface area contributed by atoms with Crippen molar-refractivity contribution in [1.82, 2.24) is 19.4 Å². The summed E-state index contributed by atoms with van der Waals surface area (Å²) in [5.74, 6) is 1.66. The standard InChI is InChI=1S/C26H27ClN4O/c1-17(2)31-16-20(23-12-22(32-3)8-9-25(23)31)15-30-11-10-24-19(14-30)13-28-26(29-24)18-4-6-21(27)7-5-18/h4-9,12-13,16-17H,10-11,14-15H2,1-3H3. The summed E-state index contributed by atoms with van der Waals surface area (Å²) in [4.78, 5) is 12.0. The van der Waals surface area contributed by atoms with Crippen LogP contribution in [0.5, 0.6) is 5.75 Å². The van der Waals surface area contributed by atoms with Gasteiger partial charge in [0.2, 0.25) is 0 Å². The van der Waals surface area contributed by atoms with E-state index >= 15 is 0 Å². The SMILES string of the molecule is COc1ccc2c(c1)c(CN1CCc3nc(-c4ccc(Cl)cc4)ncc3C1)cn2C(C)C. The molecular weight excluding hydrogens is 420 g/mol. The second kappa shape index (κ2) is 8.57. The number of benzene rings is 2. The lowest BCUT2D eigenvalue weighted by molar-refractivity contribution is 0.243. The molecule has 0 radical (unpaired) electrons. The van der Waals surface area contributed by atoms with E-state index in [4.69, 9.17) is 21.3 Å². The number of hydrogen-bond acceptors (Lipinski definition) is 4. The van der Waals surface area contributed by atoms with Crippen molar-refractivity contribution in [2.45, 2.75) is 39.4 Å². The molecule has 0 spiro atoms. The summed E-state index contributed by atoms with van der Waals surface area (Å²) in [5, 5.41) is 1.98. The molecule has 0 saturated heterocycles. The summed E-state index contributed by atoms with van der Waals surface area (Å²) >= 11 is 6.01. The first kappa shape index (κ1) is 21.0. The molecule has 0 bridgehead atoms. The van der Waals surface area contributed by atoms with Crippen LogP contribution in [0.1, 0.15) is 36.7 Å². The Labute approximate surface area is 193 Å². The van der Waals surface area contributed by atoms with E-state index in [1.54, 1.807) is 7.11 Å². The zero-order valence-electron chi connectivity index (χ0n) is 18.7. The third-order valence-electron chi connectivity index (χ3n) is 6.19. The Balaban J connectivity index is 1.39. The van der Waals surface area contributed by atoms with Crippen LogP contribution >= 0.6 is 11.6 Å². The van der Waals surface area contributed by atoms with E-state index in [2.05, 4.69) is 46.6 Å². The van der Waals surface area contributed by atoms with E-state index in [-0.39, 0.29) is 0 Å². The van der Waals surface area contributed by atoms with Gasteiger partial charge in [0.05, 0.1) is 12.8 Å². The van der Waals surface area contributed by atoms with Gasteiger partial charge in [0.1, 0.15) is 5.75 Å². The Hall–Kier alpha value is -2.89. The van der Waals surface area contributed by atoms with Gasteiger partial charge in [0.25, 0.3) is 0 Å². The van der Waals surface area contributed by atoms with Gasteiger partial charge in [-0.15, -0.1) is 0 Å². The second-order valence-corrected chi connectivity index (χ2v) is 9.11. The van der Waals surface area contributed by atoms with Gasteiger partial charge in [0, 0.05) is 71.5 Å². The van der Waals surface area contributed by atoms with E-state index in [0.717, 1.165) is 53.9 Å². The maximum Gasteiger partial charge on any atom is 0.159 e. The number of aromatic nitrogens is 3. The lowest BCUT2D eigenvalue weighted by Gasteiger charge is -2.28. The molecule has 0 fully saturated rings. The number of ether oxygens (including phenoxy) is 1. The van der Waals surface area contributed by atoms with Crippen LogP contribution < -0.4 is 4.74 Å². The quantitative estimate of drug-likeness (QED) is 0.383. The first-order chi connectivity index (χ1) is 15.5. The maximum absolute atomic E-state index is 6.01. The van der Waals surface area contributed by atoms with Gasteiger partial charge < -0.3 is 9.30 Å². The zero-order chi connectivity index (χ0) is 22.2. The fraction of sp³-hybridized carbons (Fsp3) is 0.308. The van der Waals surface area contributed by atoms with Crippen molar-refractivity contribution in [1.29, 1.82) is 0 Å². The van der Waals surface area contributed by atoms with Crippen LogP contribution in [0, 0.1) is 0 Å². The molecule has 32 heavy (non-hydrogen) atoms. The van der Waals surface area contributed by atoms with Crippen LogP contribution in [-0.2, 0) is 19.5 Å².